The second-order valence-electron chi connectivity index (χ2n) is 8.19. The van der Waals surface area contributed by atoms with Crippen molar-refractivity contribution in [2.45, 2.75) is 32.8 Å². The zero-order valence-corrected chi connectivity index (χ0v) is 18.9. The van der Waals surface area contributed by atoms with Gasteiger partial charge in [0.25, 0.3) is 0 Å². The lowest BCUT2D eigenvalue weighted by atomic mass is 9.99. The Kier molecular flexibility index (Phi) is 5.52. The molecule has 4 rings (SSSR count). The van der Waals surface area contributed by atoms with Gasteiger partial charge in [0.05, 0.1) is 12.3 Å². The van der Waals surface area contributed by atoms with E-state index in [1.807, 2.05) is 38.7 Å². The van der Waals surface area contributed by atoms with Gasteiger partial charge in [-0.3, -0.25) is 0 Å². The number of thiazole rings is 1. The molecule has 1 aromatic heterocycles. The number of fused-ring (bicyclic) bond motifs is 1. The molecule has 1 aliphatic rings. The monoisotopic (exact) mass is 421 g/mol. The molecule has 0 saturated heterocycles. The predicted molar refractivity (Wildman–Crippen MR) is 125 cm³/mol. The van der Waals surface area contributed by atoms with Crippen LogP contribution in [0, 0.1) is 0 Å². The molecule has 5 nitrogen and oxygen atoms in total. The third-order valence-electron chi connectivity index (χ3n) is 4.95. The minimum Gasteiger partial charge on any atom is -0.490 e. The number of rotatable bonds is 6. The fourth-order valence-electron chi connectivity index (χ4n) is 3.53. The largest absolute Gasteiger partial charge is 0.490 e. The highest BCUT2D eigenvalue weighted by molar-refractivity contribution is 7.13. The van der Waals surface area contributed by atoms with Gasteiger partial charge < -0.3 is 14.4 Å². The molecule has 0 radical (unpaired) electrons. The second kappa shape index (κ2) is 8.11. The van der Waals surface area contributed by atoms with Gasteiger partial charge in [0.2, 0.25) is 5.13 Å². The van der Waals surface area contributed by atoms with Gasteiger partial charge in [0.1, 0.15) is 5.60 Å². The van der Waals surface area contributed by atoms with E-state index < -0.39 is 0 Å². The average molecular weight is 422 g/mol. The van der Waals surface area contributed by atoms with Crippen molar-refractivity contribution >= 4 is 28.4 Å². The van der Waals surface area contributed by atoms with E-state index in [1.165, 1.54) is 16.9 Å². The molecule has 6 heteroatoms. The highest BCUT2D eigenvalue weighted by atomic mass is 32.1. The summed E-state index contributed by atoms with van der Waals surface area (Å²) in [6, 6.07) is 12.5. The Morgan fingerprint density at radius 2 is 2.00 bits per heavy atom. The van der Waals surface area contributed by atoms with Crippen LogP contribution in [0.15, 0.2) is 46.8 Å². The molecule has 1 aliphatic heterocycles. The summed E-state index contributed by atoms with van der Waals surface area (Å²) >= 11 is 1.53. The first-order valence-corrected chi connectivity index (χ1v) is 11.0. The molecule has 0 atom stereocenters. The number of benzene rings is 2. The molecular formula is C24H27N3O2S. The van der Waals surface area contributed by atoms with Crippen LogP contribution < -0.4 is 14.4 Å². The molecule has 0 N–H and O–H groups in total. The Morgan fingerprint density at radius 1 is 1.23 bits per heavy atom. The van der Waals surface area contributed by atoms with Crippen LogP contribution in [0.3, 0.4) is 0 Å². The summed E-state index contributed by atoms with van der Waals surface area (Å²) in [5.41, 5.74) is 5.10. The van der Waals surface area contributed by atoms with Crippen LogP contribution in [-0.2, 0) is 6.42 Å². The molecule has 2 heterocycles. The third kappa shape index (κ3) is 4.33. The average Bonchev–Trinajstić information content (AvgIpc) is 3.30. The first-order chi connectivity index (χ1) is 14.3. The van der Waals surface area contributed by atoms with Crippen LogP contribution in [0.4, 0.5) is 10.8 Å². The van der Waals surface area contributed by atoms with Crippen LogP contribution in [0.5, 0.6) is 11.5 Å². The van der Waals surface area contributed by atoms with Crippen molar-refractivity contribution in [1.82, 2.24) is 4.98 Å². The fraction of sp³-hybridized carbons (Fsp3) is 0.333. The predicted octanol–water partition coefficient (Wildman–Crippen LogP) is 5.74. The van der Waals surface area contributed by atoms with E-state index in [0.717, 1.165) is 45.6 Å². The van der Waals surface area contributed by atoms with Crippen LogP contribution in [0.1, 0.15) is 31.9 Å². The van der Waals surface area contributed by atoms with Gasteiger partial charge in [-0.25, -0.2) is 9.98 Å². The van der Waals surface area contributed by atoms with Crippen molar-refractivity contribution in [3.8, 4) is 22.8 Å². The van der Waals surface area contributed by atoms with Crippen molar-refractivity contribution in [2.24, 2.45) is 4.99 Å². The molecule has 0 bridgehead atoms. The van der Waals surface area contributed by atoms with Crippen LogP contribution >= 0.6 is 11.3 Å². The SMILES string of the molecule is CCOc1cc(-c2csc(N=Cc3ccc(N(C)C)cc3)n2)cc2c1OC(C)(C)C2. The highest BCUT2D eigenvalue weighted by Gasteiger charge is 2.33. The molecule has 2 aromatic carbocycles. The first-order valence-electron chi connectivity index (χ1n) is 10.1. The van der Waals surface area contributed by atoms with Gasteiger partial charge in [0.15, 0.2) is 11.5 Å². The van der Waals surface area contributed by atoms with Gasteiger partial charge in [-0.15, -0.1) is 11.3 Å². The number of aromatic nitrogens is 1. The minimum absolute atomic E-state index is 0.216. The van der Waals surface area contributed by atoms with Crippen molar-refractivity contribution in [3.05, 3.63) is 52.9 Å². The zero-order valence-electron chi connectivity index (χ0n) is 18.1. The molecule has 3 aromatic rings. The summed E-state index contributed by atoms with van der Waals surface area (Å²) in [7, 11) is 4.06. The lowest BCUT2D eigenvalue weighted by molar-refractivity contribution is 0.132. The van der Waals surface area contributed by atoms with E-state index >= 15 is 0 Å². The molecule has 0 unspecified atom stereocenters. The van der Waals surface area contributed by atoms with Crippen molar-refractivity contribution < 1.29 is 9.47 Å². The summed E-state index contributed by atoms with van der Waals surface area (Å²) in [6.45, 7) is 6.78. The number of anilines is 1. The molecule has 156 valence electrons. The van der Waals surface area contributed by atoms with Gasteiger partial charge >= 0.3 is 0 Å². The van der Waals surface area contributed by atoms with Crippen molar-refractivity contribution in [3.63, 3.8) is 0 Å². The summed E-state index contributed by atoms with van der Waals surface area (Å²) in [5, 5.41) is 2.77. The van der Waals surface area contributed by atoms with Gasteiger partial charge in [-0.1, -0.05) is 12.1 Å². The zero-order chi connectivity index (χ0) is 21.3. The Balaban J connectivity index is 1.57. The fourth-order valence-corrected chi connectivity index (χ4v) is 4.20. The smallest absolute Gasteiger partial charge is 0.209 e. The van der Waals surface area contributed by atoms with E-state index in [2.05, 4.69) is 54.1 Å². The summed E-state index contributed by atoms with van der Waals surface area (Å²) < 4.78 is 12.0. The van der Waals surface area contributed by atoms with Crippen molar-refractivity contribution in [1.29, 1.82) is 0 Å². The van der Waals surface area contributed by atoms with E-state index in [-0.39, 0.29) is 5.60 Å². The maximum Gasteiger partial charge on any atom is 0.209 e. The summed E-state index contributed by atoms with van der Waals surface area (Å²) in [4.78, 5) is 11.4. The number of hydrogen-bond donors (Lipinski definition) is 0. The number of nitrogens with zero attached hydrogens (tertiary/aromatic N) is 3. The van der Waals surface area contributed by atoms with Crippen LogP contribution in [-0.4, -0.2) is 37.5 Å². The van der Waals surface area contributed by atoms with Gasteiger partial charge in [0, 0.05) is 48.9 Å². The van der Waals surface area contributed by atoms with Gasteiger partial charge in [-0.05, 0) is 50.6 Å². The van der Waals surface area contributed by atoms with E-state index in [4.69, 9.17) is 14.5 Å². The van der Waals surface area contributed by atoms with E-state index in [9.17, 15) is 0 Å². The molecule has 0 amide bonds. The lowest BCUT2D eigenvalue weighted by Gasteiger charge is -2.18. The van der Waals surface area contributed by atoms with E-state index in [1.54, 1.807) is 0 Å². The van der Waals surface area contributed by atoms with E-state index in [0.29, 0.717) is 6.61 Å². The molecule has 0 spiro atoms. The maximum absolute atomic E-state index is 6.12. The lowest BCUT2D eigenvalue weighted by Crippen LogP contribution is -2.24. The Morgan fingerprint density at radius 3 is 2.70 bits per heavy atom. The molecule has 0 fully saturated rings. The standard InChI is InChI=1S/C24H27N3O2S/c1-6-28-21-12-17(11-18-13-24(2,3)29-22(18)21)20-15-30-23(26-20)25-14-16-7-9-19(10-8-16)27(4)5/h7-12,14-15H,6,13H2,1-5H3. The summed E-state index contributed by atoms with van der Waals surface area (Å²) in [6.07, 6.45) is 2.71. The Labute approximate surface area is 182 Å². The molecule has 0 saturated carbocycles. The third-order valence-corrected chi connectivity index (χ3v) is 5.70. The molecule has 0 aliphatic carbocycles. The number of hydrogen-bond acceptors (Lipinski definition) is 6. The second-order valence-corrected chi connectivity index (χ2v) is 9.03. The first kappa shape index (κ1) is 20.4. The Bertz CT molecular complexity index is 1070. The summed E-state index contributed by atoms with van der Waals surface area (Å²) in [5.74, 6) is 1.65. The highest BCUT2D eigenvalue weighted by Crippen LogP contribution is 2.45. The number of aliphatic imine (C=N–C) groups is 1. The van der Waals surface area contributed by atoms with Crippen LogP contribution in [0.25, 0.3) is 11.3 Å². The van der Waals surface area contributed by atoms with Gasteiger partial charge in [-0.2, -0.15) is 0 Å². The Hall–Kier alpha value is -2.86. The van der Waals surface area contributed by atoms with Crippen molar-refractivity contribution in [2.75, 3.05) is 25.6 Å². The molecule has 30 heavy (non-hydrogen) atoms. The molecular weight excluding hydrogens is 394 g/mol. The topological polar surface area (TPSA) is 47.0 Å². The quantitative estimate of drug-likeness (QED) is 0.476. The normalized spacial score (nSPS) is 14.6. The maximum atomic E-state index is 6.12. The van der Waals surface area contributed by atoms with Crippen LogP contribution in [0.2, 0.25) is 0 Å². The minimum atomic E-state index is -0.216. The number of ether oxygens (including phenoxy) is 2.